The Morgan fingerprint density at radius 1 is 1.00 bits per heavy atom. The number of aromatic nitrogens is 3. The molecule has 0 unspecified atom stereocenters. The summed E-state index contributed by atoms with van der Waals surface area (Å²) in [5.74, 6) is -0.364. The van der Waals surface area contributed by atoms with E-state index in [1.807, 2.05) is 73.7 Å². The van der Waals surface area contributed by atoms with Crippen molar-refractivity contribution in [2.24, 2.45) is 5.10 Å². The van der Waals surface area contributed by atoms with E-state index in [0.717, 1.165) is 22.4 Å². The third kappa shape index (κ3) is 5.62. The van der Waals surface area contributed by atoms with Crippen molar-refractivity contribution in [3.8, 4) is 0 Å². The summed E-state index contributed by atoms with van der Waals surface area (Å²) in [4.78, 5) is 26.2. The second-order valence-electron chi connectivity index (χ2n) is 9.18. The molecule has 0 spiro atoms. The summed E-state index contributed by atoms with van der Waals surface area (Å²) in [5.41, 5.74) is 3.20. The summed E-state index contributed by atoms with van der Waals surface area (Å²) < 4.78 is 7.85. The maximum Gasteiger partial charge on any atom is 0.348 e. The van der Waals surface area contributed by atoms with Gasteiger partial charge < -0.3 is 4.74 Å². The number of halogens is 2. The highest BCUT2D eigenvalue weighted by Gasteiger charge is 2.34. The minimum Gasteiger partial charge on any atom is -0.465 e. The number of hydrogen-bond acceptors (Lipinski definition) is 6. The fraction of sp³-hybridized carbons (Fsp3) is 0.241. The number of ether oxygens (including phenoxy) is 1. The zero-order valence-electron chi connectivity index (χ0n) is 21.5. The van der Waals surface area contributed by atoms with Gasteiger partial charge in [-0.15, -0.1) is 5.10 Å². The van der Waals surface area contributed by atoms with Crippen LogP contribution in [-0.4, -0.2) is 39.2 Å². The van der Waals surface area contributed by atoms with Gasteiger partial charge in [0, 0.05) is 16.0 Å². The fourth-order valence-corrected chi connectivity index (χ4v) is 4.91. The molecule has 39 heavy (non-hydrogen) atoms. The van der Waals surface area contributed by atoms with Crippen molar-refractivity contribution in [3.05, 3.63) is 116 Å². The monoisotopic (exact) mass is 563 g/mol. The highest BCUT2D eigenvalue weighted by molar-refractivity contribution is 6.31. The predicted octanol–water partition coefficient (Wildman–Crippen LogP) is 5.53. The molecular formula is C29H27Cl2N5O3. The van der Waals surface area contributed by atoms with Gasteiger partial charge in [0.15, 0.2) is 0 Å². The summed E-state index contributed by atoms with van der Waals surface area (Å²) >= 11 is 12.2. The molecule has 4 aromatic rings. The molecule has 1 aliphatic heterocycles. The Kier molecular flexibility index (Phi) is 7.86. The van der Waals surface area contributed by atoms with Crippen LogP contribution in [0.2, 0.25) is 10.0 Å². The maximum atomic E-state index is 13.6. The molecule has 0 saturated carbocycles. The lowest BCUT2D eigenvalue weighted by Gasteiger charge is -2.16. The lowest BCUT2D eigenvalue weighted by atomic mass is 9.91. The Bertz CT molecular complexity index is 1550. The minimum atomic E-state index is -0.528. The molecule has 0 radical (unpaired) electrons. The predicted molar refractivity (Wildman–Crippen MR) is 153 cm³/mol. The van der Waals surface area contributed by atoms with Gasteiger partial charge in [-0.25, -0.2) is 19.1 Å². The number of rotatable bonds is 8. The molecule has 0 fully saturated rings. The molecule has 0 saturated heterocycles. The lowest BCUT2D eigenvalue weighted by molar-refractivity contribution is -0.143. The zero-order chi connectivity index (χ0) is 27.5. The van der Waals surface area contributed by atoms with Gasteiger partial charge in [-0.05, 0) is 54.8 Å². The molecule has 5 rings (SSSR count). The molecule has 8 nitrogen and oxygen atoms in total. The van der Waals surface area contributed by atoms with E-state index in [1.54, 1.807) is 24.1 Å². The van der Waals surface area contributed by atoms with Crippen molar-refractivity contribution < 1.29 is 9.53 Å². The second-order valence-corrected chi connectivity index (χ2v) is 10.1. The first kappa shape index (κ1) is 26.7. The van der Waals surface area contributed by atoms with Gasteiger partial charge in [0.05, 0.1) is 24.9 Å². The highest BCUT2D eigenvalue weighted by Crippen LogP contribution is 2.32. The van der Waals surface area contributed by atoms with Crippen LogP contribution in [0, 0.1) is 0 Å². The quantitative estimate of drug-likeness (QED) is 0.263. The highest BCUT2D eigenvalue weighted by atomic mass is 35.5. The average Bonchev–Trinajstić information content (AvgIpc) is 3.52. The number of nitrogens with zero attached hydrogens (tertiary/aromatic N) is 5. The first-order chi connectivity index (χ1) is 18.9. The lowest BCUT2D eigenvalue weighted by Crippen LogP contribution is -2.31. The molecular weight excluding hydrogens is 537 g/mol. The molecule has 0 aliphatic carbocycles. The number of benzene rings is 3. The van der Waals surface area contributed by atoms with E-state index >= 15 is 0 Å². The fourth-order valence-electron chi connectivity index (χ4n) is 4.66. The third-order valence-corrected chi connectivity index (χ3v) is 7.17. The third-order valence-electron chi connectivity index (χ3n) is 6.66. The van der Waals surface area contributed by atoms with Crippen LogP contribution in [0.25, 0.3) is 0 Å². The summed E-state index contributed by atoms with van der Waals surface area (Å²) in [6.07, 6.45) is 0. The van der Waals surface area contributed by atoms with Gasteiger partial charge in [-0.1, -0.05) is 77.8 Å². The van der Waals surface area contributed by atoms with Gasteiger partial charge in [0.25, 0.3) is 0 Å². The largest absolute Gasteiger partial charge is 0.465 e. The Morgan fingerprint density at radius 3 is 2.28 bits per heavy atom. The van der Waals surface area contributed by atoms with Crippen LogP contribution < -0.4 is 10.7 Å². The van der Waals surface area contributed by atoms with E-state index in [2.05, 4.69) is 0 Å². The van der Waals surface area contributed by atoms with Gasteiger partial charge >= 0.3 is 11.7 Å². The molecule has 2 atom stereocenters. The first-order valence-corrected chi connectivity index (χ1v) is 13.4. The molecule has 0 N–H and O–H groups in total. The number of carbonyl (C=O) groups excluding carboxylic acids is 1. The van der Waals surface area contributed by atoms with E-state index in [-0.39, 0.29) is 25.0 Å². The standard InChI is InChI=1S/C29H27Cl2N5O3/c1-3-39-26(37)18-34-28(33-36(29(34)38)19(2)20-9-13-23(30)14-10-20)35-17-25(21-7-5-4-6-8-21)27(32-35)22-11-15-24(31)16-12-22/h4-16,19,25H,3,17-18H2,1-2H3/t19-,25+/m0/s1. The molecule has 10 heteroatoms. The Balaban J connectivity index is 1.60. The van der Waals surface area contributed by atoms with Crippen molar-refractivity contribution in [2.45, 2.75) is 32.4 Å². The van der Waals surface area contributed by atoms with Crippen LogP contribution in [0.5, 0.6) is 0 Å². The minimum absolute atomic E-state index is 0.0997. The van der Waals surface area contributed by atoms with Crippen molar-refractivity contribution in [1.29, 1.82) is 0 Å². The number of carbonyl (C=O) groups is 1. The van der Waals surface area contributed by atoms with E-state index < -0.39 is 17.7 Å². The van der Waals surface area contributed by atoms with Crippen molar-refractivity contribution in [2.75, 3.05) is 18.2 Å². The van der Waals surface area contributed by atoms with Crippen molar-refractivity contribution in [1.82, 2.24) is 14.3 Å². The van der Waals surface area contributed by atoms with E-state index in [9.17, 15) is 9.59 Å². The number of anilines is 1. The van der Waals surface area contributed by atoms with Crippen LogP contribution in [0.1, 0.15) is 42.5 Å². The molecule has 0 amide bonds. The van der Waals surface area contributed by atoms with E-state index in [1.165, 1.54) is 9.25 Å². The maximum absolute atomic E-state index is 13.6. The topological polar surface area (TPSA) is 81.7 Å². The van der Waals surface area contributed by atoms with Gasteiger partial charge in [-0.2, -0.15) is 5.10 Å². The van der Waals surface area contributed by atoms with Gasteiger partial charge in [-0.3, -0.25) is 4.79 Å². The molecule has 2 heterocycles. The van der Waals surface area contributed by atoms with E-state index in [0.29, 0.717) is 16.6 Å². The van der Waals surface area contributed by atoms with Crippen molar-refractivity contribution in [3.63, 3.8) is 0 Å². The summed E-state index contributed by atoms with van der Waals surface area (Å²) in [6.45, 7) is 3.94. The van der Waals surface area contributed by atoms with Crippen LogP contribution in [0.15, 0.2) is 88.8 Å². The van der Waals surface area contributed by atoms with Gasteiger partial charge in [0.2, 0.25) is 5.95 Å². The molecule has 1 aliphatic rings. The molecule has 0 bridgehead atoms. The summed E-state index contributed by atoms with van der Waals surface area (Å²) in [6, 6.07) is 24.3. The van der Waals surface area contributed by atoms with E-state index in [4.69, 9.17) is 38.1 Å². The Labute approximate surface area is 236 Å². The normalized spacial score (nSPS) is 15.7. The van der Waals surface area contributed by atoms with Crippen molar-refractivity contribution >= 4 is 40.8 Å². The summed E-state index contributed by atoms with van der Waals surface area (Å²) in [7, 11) is 0. The van der Waals surface area contributed by atoms with Crippen LogP contribution >= 0.6 is 23.2 Å². The number of hydrazone groups is 1. The van der Waals surface area contributed by atoms with Crippen LogP contribution in [0.3, 0.4) is 0 Å². The Morgan fingerprint density at radius 2 is 1.64 bits per heavy atom. The van der Waals surface area contributed by atoms with Gasteiger partial charge in [0.1, 0.15) is 6.54 Å². The molecule has 1 aromatic heterocycles. The SMILES string of the molecule is CCOC(=O)Cn1c(N2C[C@H](c3ccccc3)C(c3ccc(Cl)cc3)=N2)nn([C@@H](C)c2ccc(Cl)cc2)c1=O. The Hall–Kier alpha value is -3.88. The average molecular weight is 564 g/mol. The van der Waals surface area contributed by atoms with Crippen LogP contribution in [-0.2, 0) is 16.1 Å². The van der Waals surface area contributed by atoms with Crippen LogP contribution in [0.4, 0.5) is 5.95 Å². The smallest absolute Gasteiger partial charge is 0.348 e. The molecule has 200 valence electrons. The first-order valence-electron chi connectivity index (χ1n) is 12.6. The molecule has 3 aromatic carbocycles. The number of hydrogen-bond donors (Lipinski definition) is 0. The number of esters is 1. The summed E-state index contributed by atoms with van der Waals surface area (Å²) in [5, 5.41) is 12.5. The second kappa shape index (κ2) is 11.5. The zero-order valence-corrected chi connectivity index (χ0v) is 23.0.